The van der Waals surface area contributed by atoms with Crippen molar-refractivity contribution in [2.24, 2.45) is 0 Å². The number of nitrogens with zero attached hydrogens (tertiary/aromatic N) is 2. The van der Waals surface area contributed by atoms with Gasteiger partial charge in [-0.2, -0.15) is 0 Å². The molecule has 0 aliphatic heterocycles. The van der Waals surface area contributed by atoms with Gasteiger partial charge in [-0.1, -0.05) is 66.2 Å². The second-order valence-corrected chi connectivity index (χ2v) is 14.2. The number of hydrogen-bond acceptors (Lipinski definition) is 7. The Morgan fingerprint density at radius 2 is 1.57 bits per heavy atom. The Hall–Kier alpha value is -4.96. The quantitative estimate of drug-likeness (QED) is 0.197. The number of ether oxygens (including phenoxy) is 2. The molecule has 0 radical (unpaired) electrons. The Bertz CT molecular complexity index is 2000. The van der Waals surface area contributed by atoms with Crippen LogP contribution in [0, 0.1) is 6.92 Å². The number of aromatic nitrogens is 2. The Labute approximate surface area is 268 Å². The van der Waals surface area contributed by atoms with Crippen molar-refractivity contribution in [1.82, 2.24) is 14.3 Å². The van der Waals surface area contributed by atoms with E-state index in [0.717, 1.165) is 27.8 Å². The van der Waals surface area contributed by atoms with E-state index < -0.39 is 33.7 Å². The monoisotopic (exact) mass is 637 g/mol. The summed E-state index contributed by atoms with van der Waals surface area (Å²) in [6.07, 6.45) is 3.68. The number of carbonyl (C=O) groups excluding carboxylic acids is 2. The molecule has 0 fully saturated rings. The minimum atomic E-state index is -3.98. The number of hydrogen-bond donors (Lipinski definition) is 1. The van der Waals surface area contributed by atoms with Crippen LogP contribution in [0.2, 0.25) is 0 Å². The second kappa shape index (κ2) is 12.1. The Morgan fingerprint density at radius 3 is 2.20 bits per heavy atom. The summed E-state index contributed by atoms with van der Waals surface area (Å²) in [5.41, 5.74) is 5.32. The van der Waals surface area contributed by atoms with E-state index in [0.29, 0.717) is 16.5 Å². The molecule has 1 N–H and O–H groups in total. The predicted molar refractivity (Wildman–Crippen MR) is 175 cm³/mol. The number of carbonyl (C=O) groups is 2. The first-order chi connectivity index (χ1) is 21.9. The molecule has 2 aromatic heterocycles. The van der Waals surface area contributed by atoms with Crippen LogP contribution in [0.15, 0.2) is 102 Å². The summed E-state index contributed by atoms with van der Waals surface area (Å²) < 4.78 is 40.0. The van der Waals surface area contributed by atoms with E-state index in [9.17, 15) is 18.0 Å². The zero-order chi connectivity index (χ0) is 32.6. The number of fused-ring (bicyclic) bond motifs is 4. The summed E-state index contributed by atoms with van der Waals surface area (Å²) in [5, 5.41) is 3.22. The van der Waals surface area contributed by atoms with Gasteiger partial charge in [-0.05, 0) is 73.7 Å². The molecule has 0 spiro atoms. The molecule has 1 atom stereocenters. The van der Waals surface area contributed by atoms with Gasteiger partial charge in [-0.15, -0.1) is 0 Å². The Balaban J connectivity index is 1.27. The third-order valence-electron chi connectivity index (χ3n) is 7.98. The highest BCUT2D eigenvalue weighted by molar-refractivity contribution is 7.90. The van der Waals surface area contributed by atoms with Crippen molar-refractivity contribution in [2.75, 3.05) is 6.61 Å². The first kappa shape index (κ1) is 31.0. The van der Waals surface area contributed by atoms with Crippen molar-refractivity contribution < 1.29 is 27.5 Å². The lowest BCUT2D eigenvalue weighted by Crippen LogP contribution is -2.46. The molecule has 9 nitrogen and oxygen atoms in total. The lowest BCUT2D eigenvalue weighted by molar-refractivity contribution is -0.157. The first-order valence-electron chi connectivity index (χ1n) is 15.0. The standard InChI is InChI=1S/C36H35N3O6S/c1-23-13-15-25(16-14-23)46(42,43)39-21-24(30-20-37-18-17-33(30)39)19-32(34(40)45-36(2,3)4)38-35(41)44-22-31-28-11-7-5-9-26(28)27-10-6-8-12-29(27)31/h5-18,20-21,31-32H,19,22H2,1-4H3,(H,38,41)/t32-/m0/s1. The van der Waals surface area contributed by atoms with Gasteiger partial charge in [0, 0.05) is 36.3 Å². The fraction of sp³-hybridized carbons (Fsp3) is 0.250. The SMILES string of the molecule is Cc1ccc(S(=O)(=O)n2cc(C[C@H](NC(=O)OCC3c4ccccc4-c4ccccc43)C(=O)OC(C)(C)C)c3cnccc32)cc1. The van der Waals surface area contributed by atoms with Gasteiger partial charge in [0.2, 0.25) is 0 Å². The van der Waals surface area contributed by atoms with Crippen LogP contribution >= 0.6 is 0 Å². The molecule has 5 aromatic rings. The summed E-state index contributed by atoms with van der Waals surface area (Å²) in [6, 6.07) is 23.1. The molecule has 6 rings (SSSR count). The summed E-state index contributed by atoms with van der Waals surface area (Å²) in [4.78, 5) is 31.1. The van der Waals surface area contributed by atoms with Crippen molar-refractivity contribution >= 4 is 33.0 Å². The first-order valence-corrected chi connectivity index (χ1v) is 16.5. The van der Waals surface area contributed by atoms with Gasteiger partial charge in [-0.3, -0.25) is 4.98 Å². The van der Waals surface area contributed by atoms with Gasteiger partial charge in [0.15, 0.2) is 0 Å². The molecule has 2 heterocycles. The van der Waals surface area contributed by atoms with Gasteiger partial charge in [0.25, 0.3) is 10.0 Å². The molecule has 0 unspecified atom stereocenters. The molecule has 1 amide bonds. The van der Waals surface area contributed by atoms with Crippen LogP contribution in [0.5, 0.6) is 0 Å². The van der Waals surface area contributed by atoms with Gasteiger partial charge in [0.05, 0.1) is 10.4 Å². The molecule has 236 valence electrons. The summed E-state index contributed by atoms with van der Waals surface area (Å²) >= 11 is 0. The number of rotatable bonds is 8. The zero-order valence-electron chi connectivity index (χ0n) is 26.1. The van der Waals surface area contributed by atoms with Gasteiger partial charge in [-0.25, -0.2) is 22.0 Å². The van der Waals surface area contributed by atoms with E-state index >= 15 is 0 Å². The molecule has 1 aliphatic carbocycles. The highest BCUT2D eigenvalue weighted by Gasteiger charge is 2.32. The predicted octanol–water partition coefficient (Wildman–Crippen LogP) is 6.37. The van der Waals surface area contributed by atoms with Crippen LogP contribution in [-0.2, 0) is 30.7 Å². The van der Waals surface area contributed by atoms with Crippen molar-refractivity contribution in [3.63, 3.8) is 0 Å². The Morgan fingerprint density at radius 1 is 0.935 bits per heavy atom. The van der Waals surface area contributed by atoms with E-state index in [1.807, 2.05) is 43.3 Å². The highest BCUT2D eigenvalue weighted by Crippen LogP contribution is 2.44. The molecule has 0 saturated carbocycles. The van der Waals surface area contributed by atoms with Crippen molar-refractivity contribution in [3.8, 4) is 11.1 Å². The van der Waals surface area contributed by atoms with Crippen LogP contribution in [0.3, 0.4) is 0 Å². The number of benzene rings is 3. The zero-order valence-corrected chi connectivity index (χ0v) is 26.9. The molecular weight excluding hydrogens is 602 g/mol. The van der Waals surface area contributed by atoms with Gasteiger partial charge >= 0.3 is 12.1 Å². The van der Waals surface area contributed by atoms with Crippen LogP contribution in [0.25, 0.3) is 22.0 Å². The maximum absolute atomic E-state index is 13.7. The third kappa shape index (κ3) is 6.12. The normalized spacial score (nSPS) is 13.6. The molecule has 0 saturated heterocycles. The summed E-state index contributed by atoms with van der Waals surface area (Å²) in [6.45, 7) is 7.15. The molecule has 46 heavy (non-hydrogen) atoms. The van der Waals surface area contributed by atoms with Crippen LogP contribution < -0.4 is 5.32 Å². The molecule has 10 heteroatoms. The average molecular weight is 638 g/mol. The van der Waals surface area contributed by atoms with Crippen molar-refractivity contribution in [2.45, 2.75) is 56.6 Å². The lowest BCUT2D eigenvalue weighted by atomic mass is 9.98. The summed E-state index contributed by atoms with van der Waals surface area (Å²) in [5.74, 6) is -0.832. The van der Waals surface area contributed by atoms with Gasteiger partial charge in [0.1, 0.15) is 18.2 Å². The molecule has 0 bridgehead atoms. The van der Waals surface area contributed by atoms with E-state index in [2.05, 4.69) is 22.4 Å². The molecule has 3 aromatic carbocycles. The number of aryl methyl sites for hydroxylation is 1. The summed E-state index contributed by atoms with van der Waals surface area (Å²) in [7, 11) is -3.98. The van der Waals surface area contributed by atoms with Crippen molar-refractivity contribution in [3.05, 3.63) is 120 Å². The largest absolute Gasteiger partial charge is 0.458 e. The van der Waals surface area contributed by atoms with Gasteiger partial charge < -0.3 is 14.8 Å². The van der Waals surface area contributed by atoms with E-state index in [-0.39, 0.29) is 23.8 Å². The smallest absolute Gasteiger partial charge is 0.407 e. The topological polar surface area (TPSA) is 117 Å². The van der Waals surface area contributed by atoms with Crippen LogP contribution in [0.4, 0.5) is 4.79 Å². The molecule has 1 aliphatic rings. The number of nitrogens with one attached hydrogen (secondary N) is 1. The lowest BCUT2D eigenvalue weighted by Gasteiger charge is -2.24. The number of esters is 1. The minimum absolute atomic E-state index is 0.0578. The maximum Gasteiger partial charge on any atom is 0.407 e. The van der Waals surface area contributed by atoms with E-state index in [1.54, 1.807) is 57.3 Å². The number of pyridine rings is 1. The van der Waals surface area contributed by atoms with Crippen molar-refractivity contribution in [1.29, 1.82) is 0 Å². The Kier molecular flexibility index (Phi) is 8.16. The van der Waals surface area contributed by atoms with E-state index in [4.69, 9.17) is 9.47 Å². The fourth-order valence-corrected chi connectivity index (χ4v) is 7.25. The number of alkyl carbamates (subject to hydrolysis) is 1. The minimum Gasteiger partial charge on any atom is -0.458 e. The average Bonchev–Trinajstić information content (AvgIpc) is 3.55. The maximum atomic E-state index is 13.7. The highest BCUT2D eigenvalue weighted by atomic mass is 32.2. The molecular formula is C36H35N3O6S. The third-order valence-corrected chi connectivity index (χ3v) is 9.67. The second-order valence-electron chi connectivity index (χ2n) is 12.4. The van der Waals surface area contributed by atoms with Crippen LogP contribution in [0.1, 0.15) is 48.9 Å². The van der Waals surface area contributed by atoms with Crippen LogP contribution in [-0.4, -0.2) is 47.7 Å². The number of amides is 1. The fourth-order valence-electron chi connectivity index (χ4n) is 5.86. The van der Waals surface area contributed by atoms with E-state index in [1.165, 1.54) is 16.4 Å².